The molecule has 0 unspecified atom stereocenters. The monoisotopic (exact) mass is 411 g/mol. The average molecular weight is 411 g/mol. The first kappa shape index (κ1) is 18.0. The summed E-state index contributed by atoms with van der Waals surface area (Å²) in [4.78, 5) is 18.8. The lowest BCUT2D eigenvalue weighted by molar-refractivity contribution is -0.133. The molecule has 2 saturated heterocycles. The van der Waals surface area contributed by atoms with Crippen LogP contribution in [0.15, 0.2) is 22.9 Å². The molecule has 0 spiro atoms. The highest BCUT2D eigenvalue weighted by molar-refractivity contribution is 5.84. The van der Waals surface area contributed by atoms with Gasteiger partial charge in [0.2, 0.25) is 5.91 Å². The van der Waals surface area contributed by atoms with Crippen molar-refractivity contribution in [3.63, 3.8) is 0 Å². The smallest absolute Gasteiger partial charge is 0.258 e. The van der Waals surface area contributed by atoms with Gasteiger partial charge in [0.1, 0.15) is 5.82 Å². The minimum atomic E-state index is -0.361. The van der Waals surface area contributed by atoms with E-state index in [-0.39, 0.29) is 23.7 Å². The molecule has 4 heterocycles. The van der Waals surface area contributed by atoms with Gasteiger partial charge in [0, 0.05) is 30.5 Å². The summed E-state index contributed by atoms with van der Waals surface area (Å²) in [5.74, 6) is 1.27. The molecule has 1 amide bonds. The zero-order chi connectivity index (χ0) is 20.2. The Balaban J connectivity index is 1.23. The summed E-state index contributed by atoms with van der Waals surface area (Å²) >= 11 is 0. The first-order valence-electron chi connectivity index (χ1n) is 10.5. The summed E-state index contributed by atoms with van der Waals surface area (Å²) in [6.45, 7) is 2.62. The molecule has 3 fully saturated rings. The first-order chi connectivity index (χ1) is 14.7. The highest BCUT2D eigenvalue weighted by Gasteiger charge is 2.36. The van der Waals surface area contributed by atoms with E-state index in [0.717, 1.165) is 38.8 Å². The van der Waals surface area contributed by atoms with Crippen LogP contribution >= 0.6 is 0 Å². The van der Waals surface area contributed by atoms with Crippen LogP contribution < -0.4 is 0 Å². The molecule has 1 saturated carbocycles. The Hall–Kier alpha value is -2.81. The number of ether oxygens (including phenoxy) is 1. The third-order valence-electron chi connectivity index (χ3n) is 6.42. The first-order valence-corrected chi connectivity index (χ1v) is 10.5. The topological polar surface area (TPSA) is 86.3 Å². The van der Waals surface area contributed by atoms with Crippen LogP contribution in [0.25, 0.3) is 22.4 Å². The van der Waals surface area contributed by atoms with Crippen LogP contribution in [0.1, 0.15) is 43.5 Å². The van der Waals surface area contributed by atoms with Crippen LogP contribution in [0.2, 0.25) is 0 Å². The minimum absolute atomic E-state index is 0.124. The van der Waals surface area contributed by atoms with Gasteiger partial charge in [-0.25, -0.2) is 4.39 Å². The third-order valence-corrected chi connectivity index (χ3v) is 6.42. The molecule has 30 heavy (non-hydrogen) atoms. The lowest BCUT2D eigenvalue weighted by Gasteiger charge is -2.30. The fourth-order valence-corrected chi connectivity index (χ4v) is 4.35. The number of halogens is 1. The van der Waals surface area contributed by atoms with E-state index in [1.807, 2.05) is 11.0 Å². The van der Waals surface area contributed by atoms with Gasteiger partial charge in [0.05, 0.1) is 36.4 Å². The summed E-state index contributed by atoms with van der Waals surface area (Å²) in [7, 11) is 0. The number of benzene rings is 1. The maximum Gasteiger partial charge on any atom is 0.258 e. The van der Waals surface area contributed by atoms with E-state index in [9.17, 15) is 9.18 Å². The van der Waals surface area contributed by atoms with Crippen molar-refractivity contribution in [2.24, 2.45) is 5.92 Å². The number of rotatable bonds is 4. The van der Waals surface area contributed by atoms with Crippen molar-refractivity contribution in [2.45, 2.75) is 37.6 Å². The Kier molecular flexibility index (Phi) is 4.12. The normalized spacial score (nSPS) is 20.6. The molecule has 156 valence electrons. The van der Waals surface area contributed by atoms with Gasteiger partial charge in [-0.15, -0.1) is 0 Å². The Morgan fingerprint density at radius 1 is 1.13 bits per heavy atom. The third kappa shape index (κ3) is 2.99. The number of hydrogen-bond acceptors (Lipinski definition) is 6. The van der Waals surface area contributed by atoms with Crippen molar-refractivity contribution in [1.82, 2.24) is 24.8 Å². The second kappa shape index (κ2) is 6.87. The average Bonchev–Trinajstić information content (AvgIpc) is 3.30. The standard InChI is InChI=1S/C21H22FN5O3/c22-17-7-14(8-18-16(17)9-23-27(18)15-10-29-11-15)20-24-19(25-30-20)12-3-5-26(6-4-12)21(28)13-1-2-13/h7-9,12-13,15H,1-6,10-11H2. The van der Waals surface area contributed by atoms with Gasteiger partial charge in [0.15, 0.2) is 5.82 Å². The summed E-state index contributed by atoms with van der Waals surface area (Å²) < 4.78 is 27.2. The van der Waals surface area contributed by atoms with Crippen molar-refractivity contribution < 1.29 is 18.4 Å². The van der Waals surface area contributed by atoms with E-state index >= 15 is 0 Å². The summed E-state index contributed by atoms with van der Waals surface area (Å²) in [6, 6.07) is 3.39. The van der Waals surface area contributed by atoms with Crippen molar-refractivity contribution in [1.29, 1.82) is 0 Å². The number of hydrogen-bond donors (Lipinski definition) is 0. The molecule has 1 aromatic carbocycles. The number of carbonyl (C=O) groups excluding carboxylic acids is 1. The molecule has 8 nitrogen and oxygen atoms in total. The van der Waals surface area contributed by atoms with E-state index in [2.05, 4.69) is 15.2 Å². The number of aromatic nitrogens is 4. The van der Waals surface area contributed by atoms with Gasteiger partial charge in [-0.1, -0.05) is 5.16 Å². The van der Waals surface area contributed by atoms with Crippen molar-refractivity contribution in [3.8, 4) is 11.5 Å². The second-order valence-electron chi connectivity index (χ2n) is 8.50. The van der Waals surface area contributed by atoms with Gasteiger partial charge in [0.25, 0.3) is 5.89 Å². The minimum Gasteiger partial charge on any atom is -0.377 e. The SMILES string of the molecule is O=C(C1CC1)N1CCC(c2noc(-c3cc(F)c4cnn(C5COC5)c4c3)n2)CC1. The van der Waals surface area contributed by atoms with Crippen LogP contribution in [-0.4, -0.2) is 57.0 Å². The largest absolute Gasteiger partial charge is 0.377 e. The van der Waals surface area contributed by atoms with Gasteiger partial charge < -0.3 is 14.2 Å². The van der Waals surface area contributed by atoms with Gasteiger partial charge in [-0.05, 0) is 37.8 Å². The number of fused-ring (bicyclic) bond motifs is 1. The molecule has 0 atom stereocenters. The Bertz CT molecular complexity index is 1110. The van der Waals surface area contributed by atoms with Crippen LogP contribution in [-0.2, 0) is 9.53 Å². The van der Waals surface area contributed by atoms with Crippen LogP contribution in [0.4, 0.5) is 4.39 Å². The van der Waals surface area contributed by atoms with Crippen molar-refractivity contribution >= 4 is 16.8 Å². The Morgan fingerprint density at radius 2 is 1.93 bits per heavy atom. The van der Waals surface area contributed by atoms with Crippen molar-refractivity contribution in [2.75, 3.05) is 26.3 Å². The quantitative estimate of drug-likeness (QED) is 0.656. The molecule has 3 aromatic rings. The summed E-state index contributed by atoms with van der Waals surface area (Å²) in [6.07, 6.45) is 5.24. The maximum atomic E-state index is 14.7. The fraction of sp³-hybridized carbons (Fsp3) is 0.524. The summed E-state index contributed by atoms with van der Waals surface area (Å²) in [5, 5.41) is 8.96. The Morgan fingerprint density at radius 3 is 2.63 bits per heavy atom. The summed E-state index contributed by atoms with van der Waals surface area (Å²) in [5.41, 5.74) is 1.24. The van der Waals surface area contributed by atoms with Crippen LogP contribution in [0.3, 0.4) is 0 Å². The van der Waals surface area contributed by atoms with E-state index in [4.69, 9.17) is 9.26 Å². The number of piperidine rings is 1. The zero-order valence-corrected chi connectivity index (χ0v) is 16.5. The van der Waals surface area contributed by atoms with E-state index in [1.165, 1.54) is 6.07 Å². The molecule has 0 bridgehead atoms. The molecule has 2 aromatic heterocycles. The van der Waals surface area contributed by atoms with Crippen LogP contribution in [0, 0.1) is 11.7 Å². The number of amides is 1. The molecular formula is C21H22FN5O3. The lowest BCUT2D eigenvalue weighted by atomic mass is 9.96. The molecule has 0 N–H and O–H groups in total. The van der Waals surface area contributed by atoms with Gasteiger partial charge >= 0.3 is 0 Å². The van der Waals surface area contributed by atoms with E-state index in [0.29, 0.717) is 47.3 Å². The molecule has 2 aliphatic heterocycles. The maximum absolute atomic E-state index is 14.7. The molecule has 9 heteroatoms. The Labute approximate surface area is 172 Å². The van der Waals surface area contributed by atoms with E-state index in [1.54, 1.807) is 10.9 Å². The fourth-order valence-electron chi connectivity index (χ4n) is 4.35. The zero-order valence-electron chi connectivity index (χ0n) is 16.5. The molecule has 3 aliphatic rings. The highest BCUT2D eigenvalue weighted by atomic mass is 19.1. The second-order valence-corrected chi connectivity index (χ2v) is 8.50. The lowest BCUT2D eigenvalue weighted by Crippen LogP contribution is -2.38. The molecular weight excluding hydrogens is 389 g/mol. The number of carbonyl (C=O) groups is 1. The predicted octanol–water partition coefficient (Wildman–Crippen LogP) is 2.91. The molecule has 0 radical (unpaired) electrons. The number of likely N-dealkylation sites (tertiary alicyclic amines) is 1. The molecule has 1 aliphatic carbocycles. The van der Waals surface area contributed by atoms with Crippen molar-refractivity contribution in [3.05, 3.63) is 30.0 Å². The predicted molar refractivity (Wildman–Crippen MR) is 104 cm³/mol. The van der Waals surface area contributed by atoms with Crippen LogP contribution in [0.5, 0.6) is 0 Å². The van der Waals surface area contributed by atoms with Gasteiger partial charge in [-0.2, -0.15) is 10.1 Å². The highest BCUT2D eigenvalue weighted by Crippen LogP contribution is 2.35. The number of nitrogens with zero attached hydrogens (tertiary/aromatic N) is 5. The molecule has 6 rings (SSSR count). The van der Waals surface area contributed by atoms with E-state index < -0.39 is 0 Å². The van der Waals surface area contributed by atoms with Gasteiger partial charge in [-0.3, -0.25) is 9.48 Å².